The molecule has 0 bridgehead atoms. The van der Waals surface area contributed by atoms with Crippen molar-refractivity contribution in [2.75, 3.05) is 6.54 Å². The van der Waals surface area contributed by atoms with Crippen molar-refractivity contribution in [3.05, 3.63) is 70.1 Å². The molecule has 1 aromatic heterocycles. The Morgan fingerprint density at radius 3 is 2.65 bits per heavy atom. The van der Waals surface area contributed by atoms with Crippen LogP contribution in [-0.2, 0) is 12.6 Å². The quantitative estimate of drug-likeness (QED) is 0.483. The first-order chi connectivity index (χ1) is 12.4. The average Bonchev–Trinajstić information content (AvgIpc) is 3.04. The summed E-state index contributed by atoms with van der Waals surface area (Å²) < 4.78 is 39.6. The fourth-order valence-electron chi connectivity index (χ4n) is 3.18. The summed E-state index contributed by atoms with van der Waals surface area (Å²) in [6.45, 7) is 5.02. The minimum absolute atomic E-state index is 0.215. The number of hydrogen-bond donors (Lipinski definition) is 1. The zero-order valence-corrected chi connectivity index (χ0v) is 15.7. The average molecular weight is 377 g/mol. The second kappa shape index (κ2) is 7.80. The Balaban J connectivity index is 1.56. The maximum absolute atomic E-state index is 12.8. The number of alkyl halides is 3. The number of rotatable bonds is 6. The number of benzene rings is 2. The first-order valence-electron chi connectivity index (χ1n) is 8.72. The zero-order valence-electron chi connectivity index (χ0n) is 14.9. The fourth-order valence-corrected chi connectivity index (χ4v) is 4.32. The summed E-state index contributed by atoms with van der Waals surface area (Å²) in [5, 5.41) is 6.98. The summed E-state index contributed by atoms with van der Waals surface area (Å²) in [4.78, 5) is 0. The van der Waals surface area contributed by atoms with Gasteiger partial charge in [0.05, 0.1) is 5.56 Å². The van der Waals surface area contributed by atoms with E-state index in [1.165, 1.54) is 33.3 Å². The third-order valence-electron chi connectivity index (χ3n) is 4.64. The molecule has 0 saturated heterocycles. The molecule has 1 unspecified atom stereocenters. The van der Waals surface area contributed by atoms with Gasteiger partial charge in [-0.05, 0) is 66.8 Å². The molecule has 1 heterocycles. The third-order valence-corrected chi connectivity index (χ3v) is 5.79. The Morgan fingerprint density at radius 1 is 1.12 bits per heavy atom. The van der Waals surface area contributed by atoms with Crippen LogP contribution in [-0.4, -0.2) is 6.54 Å². The molecule has 1 atom stereocenters. The van der Waals surface area contributed by atoms with E-state index in [-0.39, 0.29) is 6.04 Å². The van der Waals surface area contributed by atoms with Crippen LogP contribution in [0.4, 0.5) is 13.2 Å². The number of hydrogen-bond acceptors (Lipinski definition) is 2. The molecule has 0 radical (unpaired) electrons. The Kier molecular flexibility index (Phi) is 5.68. The van der Waals surface area contributed by atoms with Crippen molar-refractivity contribution in [3.8, 4) is 0 Å². The summed E-state index contributed by atoms with van der Waals surface area (Å²) in [5.41, 5.74) is 2.73. The van der Waals surface area contributed by atoms with Crippen LogP contribution in [0.2, 0.25) is 0 Å². The normalized spacial score (nSPS) is 13.3. The van der Waals surface area contributed by atoms with E-state index >= 15 is 0 Å². The monoisotopic (exact) mass is 377 g/mol. The highest BCUT2D eigenvalue weighted by Crippen LogP contribution is 2.32. The van der Waals surface area contributed by atoms with E-state index in [1.807, 2.05) is 0 Å². The topological polar surface area (TPSA) is 12.0 Å². The molecule has 0 aliphatic heterocycles. The highest BCUT2D eigenvalue weighted by atomic mass is 32.1. The van der Waals surface area contributed by atoms with E-state index in [0.29, 0.717) is 6.42 Å². The van der Waals surface area contributed by atoms with E-state index in [0.717, 1.165) is 24.6 Å². The van der Waals surface area contributed by atoms with Crippen LogP contribution in [0.15, 0.2) is 47.8 Å². The standard InChI is InChI=1S/C21H22F3NS/c1-14-6-3-10-18-19(13-26-20(14)18)15(2)25-11-5-8-16-7-4-9-17(12-16)21(22,23)24/h3-4,6-7,9-10,12-13,15,25H,5,8,11H2,1-2H3. The number of nitrogens with one attached hydrogen (secondary N) is 1. The van der Waals surface area contributed by atoms with Crippen LogP contribution in [0.3, 0.4) is 0 Å². The largest absolute Gasteiger partial charge is 0.416 e. The molecule has 1 nitrogen and oxygen atoms in total. The maximum atomic E-state index is 12.8. The van der Waals surface area contributed by atoms with Crippen LogP contribution in [0.25, 0.3) is 10.1 Å². The molecule has 0 saturated carbocycles. The SMILES string of the molecule is Cc1cccc2c(C(C)NCCCc3cccc(C(F)(F)F)c3)csc12. The van der Waals surface area contributed by atoms with Gasteiger partial charge < -0.3 is 5.32 Å². The van der Waals surface area contributed by atoms with Crippen molar-refractivity contribution in [2.45, 2.75) is 38.9 Å². The van der Waals surface area contributed by atoms with Gasteiger partial charge in [-0.3, -0.25) is 0 Å². The lowest BCUT2D eigenvalue weighted by Crippen LogP contribution is -2.20. The first kappa shape index (κ1) is 18.9. The van der Waals surface area contributed by atoms with Gasteiger partial charge in [0.25, 0.3) is 0 Å². The highest BCUT2D eigenvalue weighted by molar-refractivity contribution is 7.17. The Bertz CT molecular complexity index is 882. The first-order valence-corrected chi connectivity index (χ1v) is 9.60. The van der Waals surface area contributed by atoms with E-state index in [4.69, 9.17) is 0 Å². The van der Waals surface area contributed by atoms with Gasteiger partial charge in [0.1, 0.15) is 0 Å². The van der Waals surface area contributed by atoms with E-state index < -0.39 is 11.7 Å². The third kappa shape index (κ3) is 4.27. The van der Waals surface area contributed by atoms with Gasteiger partial charge in [-0.25, -0.2) is 0 Å². The minimum atomic E-state index is -4.28. The summed E-state index contributed by atoms with van der Waals surface area (Å²) in [5.74, 6) is 0. The van der Waals surface area contributed by atoms with Crippen molar-refractivity contribution in [1.82, 2.24) is 5.32 Å². The summed E-state index contributed by atoms with van der Waals surface area (Å²) in [7, 11) is 0. The van der Waals surface area contributed by atoms with Gasteiger partial charge in [0.15, 0.2) is 0 Å². The summed E-state index contributed by atoms with van der Waals surface area (Å²) >= 11 is 1.76. The lowest BCUT2D eigenvalue weighted by molar-refractivity contribution is -0.137. The highest BCUT2D eigenvalue weighted by Gasteiger charge is 2.30. The summed E-state index contributed by atoms with van der Waals surface area (Å²) in [6, 6.07) is 12.2. The molecule has 0 fully saturated rings. The second-order valence-electron chi connectivity index (χ2n) is 6.62. The molecule has 0 aliphatic carbocycles. The van der Waals surface area contributed by atoms with Gasteiger partial charge in [-0.2, -0.15) is 13.2 Å². The molecule has 2 aromatic carbocycles. The van der Waals surface area contributed by atoms with Gasteiger partial charge in [-0.15, -0.1) is 11.3 Å². The van der Waals surface area contributed by atoms with E-state index in [9.17, 15) is 13.2 Å². The molecule has 3 rings (SSSR count). The van der Waals surface area contributed by atoms with Crippen molar-refractivity contribution in [3.63, 3.8) is 0 Å². The summed E-state index contributed by atoms with van der Waals surface area (Å²) in [6.07, 6.45) is -2.85. The number of halogens is 3. The van der Waals surface area contributed by atoms with Crippen LogP contribution in [0.5, 0.6) is 0 Å². The van der Waals surface area contributed by atoms with Crippen molar-refractivity contribution >= 4 is 21.4 Å². The maximum Gasteiger partial charge on any atom is 0.416 e. The molecule has 0 aliphatic rings. The molecule has 26 heavy (non-hydrogen) atoms. The van der Waals surface area contributed by atoms with Crippen LogP contribution in [0.1, 0.15) is 41.6 Å². The molecule has 5 heteroatoms. The van der Waals surface area contributed by atoms with E-state index in [2.05, 4.69) is 42.7 Å². The van der Waals surface area contributed by atoms with Crippen LogP contribution >= 0.6 is 11.3 Å². The molecular weight excluding hydrogens is 355 g/mol. The van der Waals surface area contributed by atoms with Gasteiger partial charge in [-0.1, -0.05) is 36.4 Å². The van der Waals surface area contributed by atoms with Crippen LogP contribution < -0.4 is 5.32 Å². The lowest BCUT2D eigenvalue weighted by atomic mass is 10.0. The molecule has 138 valence electrons. The molecule has 3 aromatic rings. The van der Waals surface area contributed by atoms with Gasteiger partial charge in [0.2, 0.25) is 0 Å². The Morgan fingerprint density at radius 2 is 1.88 bits per heavy atom. The molecule has 0 spiro atoms. The molecule has 1 N–H and O–H groups in total. The number of fused-ring (bicyclic) bond motifs is 1. The Hall–Kier alpha value is -1.85. The lowest BCUT2D eigenvalue weighted by Gasteiger charge is -2.14. The molecule has 0 amide bonds. The minimum Gasteiger partial charge on any atom is -0.310 e. The fraction of sp³-hybridized carbons (Fsp3) is 0.333. The van der Waals surface area contributed by atoms with Gasteiger partial charge in [0, 0.05) is 10.7 Å². The smallest absolute Gasteiger partial charge is 0.310 e. The van der Waals surface area contributed by atoms with Crippen molar-refractivity contribution in [1.29, 1.82) is 0 Å². The Labute approximate surface area is 155 Å². The zero-order chi connectivity index (χ0) is 18.7. The van der Waals surface area contributed by atoms with E-state index in [1.54, 1.807) is 17.4 Å². The predicted octanol–water partition coefficient (Wildman–Crippen LogP) is 6.51. The number of thiophene rings is 1. The van der Waals surface area contributed by atoms with Crippen molar-refractivity contribution < 1.29 is 13.2 Å². The molecular formula is C21H22F3NS. The van der Waals surface area contributed by atoms with Crippen molar-refractivity contribution in [2.24, 2.45) is 0 Å². The predicted molar refractivity (Wildman–Crippen MR) is 103 cm³/mol. The van der Waals surface area contributed by atoms with Gasteiger partial charge >= 0.3 is 6.18 Å². The van der Waals surface area contributed by atoms with Crippen LogP contribution in [0, 0.1) is 6.92 Å². The second-order valence-corrected chi connectivity index (χ2v) is 7.50. The number of aryl methyl sites for hydroxylation is 2.